The van der Waals surface area contributed by atoms with Crippen LogP contribution >= 0.6 is 0 Å². The van der Waals surface area contributed by atoms with Crippen LogP contribution in [0.2, 0.25) is 0 Å². The molecule has 0 aliphatic rings. The van der Waals surface area contributed by atoms with Crippen LogP contribution in [-0.2, 0) is 9.59 Å². The molecule has 0 aliphatic heterocycles. The second-order valence-electron chi connectivity index (χ2n) is 6.52. The highest BCUT2D eigenvalue weighted by Gasteiger charge is 2.14. The molecule has 2 rings (SSSR count). The zero-order valence-corrected chi connectivity index (χ0v) is 16.7. The average Bonchev–Trinajstić information content (AvgIpc) is 2.65. The first-order valence-corrected chi connectivity index (χ1v) is 9.44. The van der Waals surface area contributed by atoms with Gasteiger partial charge in [-0.1, -0.05) is 17.7 Å². The molecule has 2 aromatic carbocycles. The zero-order chi connectivity index (χ0) is 19.8. The first-order chi connectivity index (χ1) is 12.9. The highest BCUT2D eigenvalue weighted by atomic mass is 16.2. The lowest BCUT2D eigenvalue weighted by atomic mass is 10.2. The topological polar surface area (TPSA) is 52.6 Å². The number of aryl methyl sites for hydroxylation is 1. The van der Waals surface area contributed by atoms with Crippen molar-refractivity contribution in [2.24, 2.45) is 0 Å². The summed E-state index contributed by atoms with van der Waals surface area (Å²) in [7, 11) is 0. The summed E-state index contributed by atoms with van der Waals surface area (Å²) in [5.74, 6) is -0.182. The van der Waals surface area contributed by atoms with E-state index < -0.39 is 0 Å². The van der Waals surface area contributed by atoms with Crippen LogP contribution in [0.3, 0.4) is 0 Å². The Balaban J connectivity index is 1.99. The summed E-state index contributed by atoms with van der Waals surface area (Å²) in [6, 6.07) is 15.6. The zero-order valence-electron chi connectivity index (χ0n) is 16.7. The van der Waals surface area contributed by atoms with Crippen molar-refractivity contribution in [1.82, 2.24) is 0 Å². The third-order valence-electron chi connectivity index (χ3n) is 4.57. The fraction of sp³-hybridized carbons (Fsp3) is 0.364. The predicted molar refractivity (Wildman–Crippen MR) is 112 cm³/mol. The van der Waals surface area contributed by atoms with E-state index in [4.69, 9.17) is 0 Å². The number of hydrogen-bond donors (Lipinski definition) is 1. The van der Waals surface area contributed by atoms with Gasteiger partial charge in [0, 0.05) is 50.0 Å². The molecule has 0 aliphatic carbocycles. The van der Waals surface area contributed by atoms with Gasteiger partial charge in [0.15, 0.2) is 0 Å². The predicted octanol–water partition coefficient (Wildman–Crippen LogP) is 4.22. The molecule has 0 fully saturated rings. The summed E-state index contributed by atoms with van der Waals surface area (Å²) in [6.07, 6.45) is 0.241. The molecule has 0 bridgehead atoms. The van der Waals surface area contributed by atoms with Crippen molar-refractivity contribution in [2.45, 2.75) is 34.1 Å². The molecule has 2 aromatic rings. The first kappa shape index (κ1) is 20.5. The fourth-order valence-corrected chi connectivity index (χ4v) is 2.97. The molecule has 5 nitrogen and oxygen atoms in total. The van der Waals surface area contributed by atoms with Crippen LogP contribution in [0.5, 0.6) is 0 Å². The Labute approximate surface area is 162 Å². The molecule has 1 N–H and O–H groups in total. The lowest BCUT2D eigenvalue weighted by molar-refractivity contribution is -0.117. The molecule has 0 atom stereocenters. The summed E-state index contributed by atoms with van der Waals surface area (Å²) < 4.78 is 0. The van der Waals surface area contributed by atoms with E-state index in [0.29, 0.717) is 6.54 Å². The molecular weight excluding hydrogens is 338 g/mol. The highest BCUT2D eigenvalue weighted by Crippen LogP contribution is 2.21. The number of carbonyl (C=O) groups excluding carboxylic acids is 2. The maximum Gasteiger partial charge on any atom is 0.226 e. The van der Waals surface area contributed by atoms with E-state index in [1.54, 1.807) is 4.90 Å². The van der Waals surface area contributed by atoms with E-state index in [-0.39, 0.29) is 18.2 Å². The maximum atomic E-state index is 12.2. The maximum absolute atomic E-state index is 12.2. The van der Waals surface area contributed by atoms with E-state index in [9.17, 15) is 9.59 Å². The number of carbonyl (C=O) groups is 2. The van der Waals surface area contributed by atoms with Crippen molar-refractivity contribution in [3.8, 4) is 0 Å². The Morgan fingerprint density at radius 3 is 1.96 bits per heavy atom. The van der Waals surface area contributed by atoms with E-state index in [1.165, 1.54) is 6.92 Å². The third kappa shape index (κ3) is 5.84. The molecule has 0 saturated heterocycles. The lowest BCUT2D eigenvalue weighted by Gasteiger charge is -2.24. The summed E-state index contributed by atoms with van der Waals surface area (Å²) in [5, 5.41) is 2.87. The lowest BCUT2D eigenvalue weighted by Crippen LogP contribution is -2.32. The molecule has 0 spiro atoms. The largest absolute Gasteiger partial charge is 0.372 e. The van der Waals surface area contributed by atoms with E-state index in [0.717, 1.165) is 35.7 Å². The average molecular weight is 367 g/mol. The van der Waals surface area contributed by atoms with E-state index >= 15 is 0 Å². The normalized spacial score (nSPS) is 10.4. The minimum atomic E-state index is -0.107. The Morgan fingerprint density at radius 1 is 0.889 bits per heavy atom. The van der Waals surface area contributed by atoms with Gasteiger partial charge in [-0.05, 0) is 57.2 Å². The fourth-order valence-electron chi connectivity index (χ4n) is 2.97. The SMILES string of the molecule is CCN(CC)c1ccc(N(CCC(=O)Nc2ccc(C)cc2)C(C)=O)cc1. The Bertz CT molecular complexity index is 750. The minimum absolute atomic E-state index is 0.0753. The molecule has 5 heteroatoms. The van der Waals surface area contributed by atoms with Crippen LogP contribution in [0, 0.1) is 6.92 Å². The smallest absolute Gasteiger partial charge is 0.226 e. The molecule has 0 unspecified atom stereocenters. The monoisotopic (exact) mass is 367 g/mol. The van der Waals surface area contributed by atoms with Crippen molar-refractivity contribution in [1.29, 1.82) is 0 Å². The van der Waals surface area contributed by atoms with Gasteiger partial charge in [-0.3, -0.25) is 9.59 Å². The molecule has 0 aromatic heterocycles. The van der Waals surface area contributed by atoms with Gasteiger partial charge in [0.1, 0.15) is 0 Å². The number of rotatable bonds is 8. The number of amides is 2. The van der Waals surface area contributed by atoms with Gasteiger partial charge >= 0.3 is 0 Å². The molecule has 0 saturated carbocycles. The Morgan fingerprint density at radius 2 is 1.44 bits per heavy atom. The van der Waals surface area contributed by atoms with Gasteiger partial charge < -0.3 is 15.1 Å². The van der Waals surface area contributed by atoms with Gasteiger partial charge in [-0.25, -0.2) is 0 Å². The number of anilines is 3. The Kier molecular flexibility index (Phi) is 7.41. The molecule has 144 valence electrons. The van der Waals surface area contributed by atoms with Crippen molar-refractivity contribution >= 4 is 28.9 Å². The van der Waals surface area contributed by atoms with Crippen LogP contribution in [0.4, 0.5) is 17.1 Å². The highest BCUT2D eigenvalue weighted by molar-refractivity contribution is 5.94. The van der Waals surface area contributed by atoms with Gasteiger partial charge in [0.2, 0.25) is 11.8 Å². The summed E-state index contributed by atoms with van der Waals surface area (Å²) in [5.41, 5.74) is 3.85. The molecule has 0 radical (unpaired) electrons. The molecule has 2 amide bonds. The summed E-state index contributed by atoms with van der Waals surface area (Å²) in [4.78, 5) is 28.2. The van der Waals surface area contributed by atoms with Crippen molar-refractivity contribution in [3.05, 3.63) is 54.1 Å². The summed E-state index contributed by atoms with van der Waals surface area (Å²) >= 11 is 0. The van der Waals surface area contributed by atoms with Crippen LogP contribution in [0.25, 0.3) is 0 Å². The minimum Gasteiger partial charge on any atom is -0.372 e. The van der Waals surface area contributed by atoms with Crippen molar-refractivity contribution in [2.75, 3.05) is 34.8 Å². The standard InChI is InChI=1S/C22H29N3O2/c1-5-24(6-2)20-11-13-21(14-12-20)25(18(4)26)16-15-22(27)23-19-9-7-17(3)8-10-19/h7-14H,5-6,15-16H2,1-4H3,(H,23,27). The van der Waals surface area contributed by atoms with E-state index in [1.807, 2.05) is 55.5 Å². The number of benzene rings is 2. The Hall–Kier alpha value is -2.82. The van der Waals surface area contributed by atoms with Crippen LogP contribution in [0.1, 0.15) is 32.8 Å². The van der Waals surface area contributed by atoms with Gasteiger partial charge in [-0.2, -0.15) is 0 Å². The summed E-state index contributed by atoms with van der Waals surface area (Å²) in [6.45, 7) is 9.98. The number of nitrogens with one attached hydrogen (secondary N) is 1. The second-order valence-corrected chi connectivity index (χ2v) is 6.52. The van der Waals surface area contributed by atoms with Crippen LogP contribution in [-0.4, -0.2) is 31.4 Å². The van der Waals surface area contributed by atoms with Crippen LogP contribution < -0.4 is 15.1 Å². The van der Waals surface area contributed by atoms with E-state index in [2.05, 4.69) is 24.1 Å². The second kappa shape index (κ2) is 9.76. The first-order valence-electron chi connectivity index (χ1n) is 9.44. The third-order valence-corrected chi connectivity index (χ3v) is 4.57. The molecule has 0 heterocycles. The van der Waals surface area contributed by atoms with Crippen LogP contribution in [0.15, 0.2) is 48.5 Å². The van der Waals surface area contributed by atoms with Gasteiger partial charge in [-0.15, -0.1) is 0 Å². The molecule has 27 heavy (non-hydrogen) atoms. The molecular formula is C22H29N3O2. The number of nitrogens with zero attached hydrogens (tertiary/aromatic N) is 2. The number of hydrogen-bond acceptors (Lipinski definition) is 3. The van der Waals surface area contributed by atoms with Gasteiger partial charge in [0.25, 0.3) is 0 Å². The van der Waals surface area contributed by atoms with Crippen molar-refractivity contribution < 1.29 is 9.59 Å². The van der Waals surface area contributed by atoms with Crippen molar-refractivity contribution in [3.63, 3.8) is 0 Å². The quantitative estimate of drug-likeness (QED) is 0.760. The van der Waals surface area contributed by atoms with Gasteiger partial charge in [0.05, 0.1) is 0 Å².